The van der Waals surface area contributed by atoms with Crippen molar-refractivity contribution in [1.29, 1.82) is 0 Å². The van der Waals surface area contributed by atoms with Crippen LogP contribution in [0, 0.1) is 6.92 Å². The quantitative estimate of drug-likeness (QED) is 0.366. The number of rotatable bonds is 6. The Morgan fingerprint density at radius 1 is 1.07 bits per heavy atom. The highest BCUT2D eigenvalue weighted by molar-refractivity contribution is 7.92. The molecule has 0 fully saturated rings. The zero-order valence-corrected chi connectivity index (χ0v) is 16.1. The molecule has 0 saturated carbocycles. The molecule has 27 heavy (non-hydrogen) atoms. The van der Waals surface area contributed by atoms with Gasteiger partial charge in [0.2, 0.25) is 0 Å². The fourth-order valence-electron chi connectivity index (χ4n) is 2.06. The number of anilines is 1. The molecule has 0 bridgehead atoms. The number of halogens is 2. The molecule has 0 unspecified atom stereocenters. The van der Waals surface area contributed by atoms with Gasteiger partial charge in [-0.15, -0.1) is 0 Å². The summed E-state index contributed by atoms with van der Waals surface area (Å²) in [5.41, 5.74) is 0.630. The van der Waals surface area contributed by atoms with Crippen molar-refractivity contribution in [1.82, 2.24) is 0 Å². The summed E-state index contributed by atoms with van der Waals surface area (Å²) in [4.78, 5) is 21.5. The van der Waals surface area contributed by atoms with Crippen LogP contribution in [0.15, 0.2) is 47.4 Å². The lowest BCUT2D eigenvalue weighted by Crippen LogP contribution is -2.14. The number of benzene rings is 2. The monoisotopic (exact) mass is 429 g/mol. The standard InChI is InChI=1S/C17H13Cl2NO6S/c1-9-5-16(13(19)7-12(9)18)27(25,26)20-11-4-2-3-10(6-11)14(21)8-15(22)17(23)24/h2-8,20-21H,1H3,(H,23,24). The molecular formula is C17H13Cl2NO6S. The molecular weight excluding hydrogens is 417 g/mol. The molecule has 0 aliphatic carbocycles. The van der Waals surface area contributed by atoms with Gasteiger partial charge in [0.15, 0.2) is 0 Å². The van der Waals surface area contributed by atoms with E-state index in [0.29, 0.717) is 16.7 Å². The number of aliphatic hydroxyl groups excluding tert-OH is 1. The number of aliphatic hydroxyl groups is 1. The molecule has 2 aromatic carbocycles. The van der Waals surface area contributed by atoms with Crippen LogP contribution in [0.3, 0.4) is 0 Å². The number of hydrogen-bond donors (Lipinski definition) is 3. The lowest BCUT2D eigenvalue weighted by atomic mass is 10.1. The third-order valence-electron chi connectivity index (χ3n) is 3.39. The highest BCUT2D eigenvalue weighted by atomic mass is 35.5. The predicted molar refractivity (Wildman–Crippen MR) is 102 cm³/mol. The Labute approximate surface area is 164 Å². The third-order valence-corrected chi connectivity index (χ3v) is 5.65. The number of nitrogens with one attached hydrogen (secondary N) is 1. The lowest BCUT2D eigenvalue weighted by molar-refractivity contribution is -0.146. The molecule has 2 aromatic rings. The fraction of sp³-hybridized carbons (Fsp3) is 0.0588. The molecule has 142 valence electrons. The molecule has 0 amide bonds. The van der Waals surface area contributed by atoms with Crippen LogP contribution in [0.4, 0.5) is 5.69 Å². The summed E-state index contributed by atoms with van der Waals surface area (Å²) in [5.74, 6) is -3.67. The number of aliphatic carboxylic acids is 1. The van der Waals surface area contributed by atoms with E-state index in [2.05, 4.69) is 4.72 Å². The highest BCUT2D eigenvalue weighted by Crippen LogP contribution is 2.30. The number of sulfonamides is 1. The van der Waals surface area contributed by atoms with Gasteiger partial charge in [-0.25, -0.2) is 13.2 Å². The minimum Gasteiger partial charge on any atom is -0.507 e. The SMILES string of the molecule is Cc1cc(S(=O)(=O)Nc2cccc(C(O)=CC(=O)C(=O)O)c2)c(Cl)cc1Cl. The van der Waals surface area contributed by atoms with Crippen molar-refractivity contribution in [3.05, 3.63) is 63.6 Å². The van der Waals surface area contributed by atoms with Gasteiger partial charge in [-0.1, -0.05) is 35.3 Å². The van der Waals surface area contributed by atoms with Crippen LogP contribution in [0.2, 0.25) is 10.0 Å². The van der Waals surface area contributed by atoms with Gasteiger partial charge in [0.05, 0.1) is 5.02 Å². The van der Waals surface area contributed by atoms with Gasteiger partial charge in [0.25, 0.3) is 15.8 Å². The normalized spacial score (nSPS) is 11.9. The number of hydrogen-bond acceptors (Lipinski definition) is 5. The molecule has 0 heterocycles. The summed E-state index contributed by atoms with van der Waals surface area (Å²) in [5, 5.41) is 18.7. The maximum Gasteiger partial charge on any atom is 0.376 e. The van der Waals surface area contributed by atoms with Gasteiger partial charge in [-0.05, 0) is 36.8 Å². The summed E-state index contributed by atoms with van der Waals surface area (Å²) in [6, 6.07) is 8.06. The van der Waals surface area contributed by atoms with E-state index in [0.717, 1.165) is 0 Å². The Morgan fingerprint density at radius 3 is 2.37 bits per heavy atom. The van der Waals surface area contributed by atoms with Crippen LogP contribution >= 0.6 is 23.2 Å². The number of carbonyl (C=O) groups is 2. The topological polar surface area (TPSA) is 121 Å². The summed E-state index contributed by atoms with van der Waals surface area (Å²) < 4.78 is 27.5. The van der Waals surface area contributed by atoms with E-state index < -0.39 is 27.5 Å². The zero-order valence-electron chi connectivity index (χ0n) is 13.7. The number of carboxylic acids is 1. The van der Waals surface area contributed by atoms with E-state index in [1.54, 1.807) is 6.92 Å². The molecule has 0 aliphatic heterocycles. The maximum atomic E-state index is 12.6. The first-order valence-electron chi connectivity index (χ1n) is 7.28. The van der Waals surface area contributed by atoms with Crippen molar-refractivity contribution in [2.45, 2.75) is 11.8 Å². The first-order valence-corrected chi connectivity index (χ1v) is 9.52. The minimum absolute atomic E-state index is 0.0446. The van der Waals surface area contributed by atoms with E-state index in [9.17, 15) is 23.1 Å². The van der Waals surface area contributed by atoms with E-state index in [1.807, 2.05) is 0 Å². The summed E-state index contributed by atoms with van der Waals surface area (Å²) in [6.07, 6.45) is 0.523. The van der Waals surface area contributed by atoms with Crippen molar-refractivity contribution in [3.63, 3.8) is 0 Å². The van der Waals surface area contributed by atoms with Gasteiger partial charge in [0, 0.05) is 22.3 Å². The molecule has 2 rings (SSSR count). The van der Waals surface area contributed by atoms with E-state index in [-0.39, 0.29) is 21.2 Å². The first-order chi connectivity index (χ1) is 12.5. The van der Waals surface area contributed by atoms with Crippen LogP contribution < -0.4 is 4.72 Å². The van der Waals surface area contributed by atoms with E-state index >= 15 is 0 Å². The lowest BCUT2D eigenvalue weighted by Gasteiger charge is -2.12. The summed E-state index contributed by atoms with van der Waals surface area (Å²) >= 11 is 11.9. The van der Waals surface area contributed by atoms with Crippen LogP contribution in [0.1, 0.15) is 11.1 Å². The number of aryl methyl sites for hydroxylation is 1. The molecule has 10 heteroatoms. The summed E-state index contributed by atoms with van der Waals surface area (Å²) in [7, 11) is -4.06. The first kappa shape index (κ1) is 20.8. The average Bonchev–Trinajstić information content (AvgIpc) is 2.57. The van der Waals surface area contributed by atoms with Gasteiger partial charge in [-0.3, -0.25) is 9.52 Å². The second kappa shape index (κ2) is 7.99. The number of carbonyl (C=O) groups excluding carboxylic acids is 1. The Balaban J connectivity index is 2.37. The van der Waals surface area contributed by atoms with Gasteiger partial charge < -0.3 is 10.2 Å². The molecule has 0 atom stereocenters. The molecule has 0 radical (unpaired) electrons. The Hall–Kier alpha value is -2.55. The highest BCUT2D eigenvalue weighted by Gasteiger charge is 2.20. The summed E-state index contributed by atoms with van der Waals surface area (Å²) in [6.45, 7) is 1.63. The second-order valence-electron chi connectivity index (χ2n) is 5.42. The Kier molecular flexibility index (Phi) is 6.15. The van der Waals surface area contributed by atoms with Crippen molar-refractivity contribution in [2.24, 2.45) is 0 Å². The van der Waals surface area contributed by atoms with Crippen LogP contribution in [0.5, 0.6) is 0 Å². The molecule has 7 nitrogen and oxygen atoms in total. The molecule has 0 aromatic heterocycles. The van der Waals surface area contributed by atoms with Gasteiger partial charge in [-0.2, -0.15) is 0 Å². The minimum atomic E-state index is -4.06. The second-order valence-corrected chi connectivity index (χ2v) is 7.88. The molecule has 0 aliphatic rings. The Bertz CT molecular complexity index is 1060. The van der Waals surface area contributed by atoms with E-state index in [4.69, 9.17) is 28.3 Å². The van der Waals surface area contributed by atoms with Crippen molar-refractivity contribution in [2.75, 3.05) is 4.72 Å². The van der Waals surface area contributed by atoms with Crippen LogP contribution in [0.25, 0.3) is 5.76 Å². The van der Waals surface area contributed by atoms with Crippen molar-refractivity contribution < 1.29 is 28.2 Å². The van der Waals surface area contributed by atoms with Gasteiger partial charge >= 0.3 is 5.97 Å². The number of ketones is 1. The smallest absolute Gasteiger partial charge is 0.376 e. The predicted octanol–water partition coefficient (Wildman–Crippen LogP) is 3.66. The van der Waals surface area contributed by atoms with Crippen molar-refractivity contribution >= 4 is 56.4 Å². The molecule has 0 spiro atoms. The van der Waals surface area contributed by atoms with Crippen LogP contribution in [-0.4, -0.2) is 30.4 Å². The van der Waals surface area contributed by atoms with Gasteiger partial charge in [0.1, 0.15) is 10.7 Å². The fourth-order valence-corrected chi connectivity index (χ4v) is 3.94. The Morgan fingerprint density at radius 2 is 1.74 bits per heavy atom. The van der Waals surface area contributed by atoms with Crippen molar-refractivity contribution in [3.8, 4) is 0 Å². The zero-order chi connectivity index (χ0) is 20.4. The third kappa shape index (κ3) is 5.00. The average molecular weight is 430 g/mol. The molecule has 0 saturated heterocycles. The van der Waals surface area contributed by atoms with Crippen LogP contribution in [-0.2, 0) is 19.6 Å². The largest absolute Gasteiger partial charge is 0.507 e. The molecule has 3 N–H and O–H groups in total. The number of carboxylic acid groups (broad SMARTS) is 1. The van der Waals surface area contributed by atoms with E-state index in [1.165, 1.54) is 36.4 Å². The maximum absolute atomic E-state index is 12.6.